The van der Waals surface area contributed by atoms with Crippen LogP contribution in [0.25, 0.3) is 0 Å². The quantitative estimate of drug-likeness (QED) is 0.797. The zero-order valence-corrected chi connectivity index (χ0v) is 10.5. The van der Waals surface area contributed by atoms with E-state index in [1.54, 1.807) is 7.11 Å². The van der Waals surface area contributed by atoms with Gasteiger partial charge < -0.3 is 15.4 Å². The highest BCUT2D eigenvalue weighted by Gasteiger charge is 2.17. The summed E-state index contributed by atoms with van der Waals surface area (Å²) in [5.41, 5.74) is 6.36. The molecule has 6 heteroatoms. The average molecular weight is 245 g/mol. The summed E-state index contributed by atoms with van der Waals surface area (Å²) in [5, 5.41) is 0.201. The highest BCUT2D eigenvalue weighted by Crippen LogP contribution is 2.22. The standard InChI is InChI=1S/C10H17ClN4O/c1-4-15(7(2)6-16-3)9-8(12)5-13-10(11)14-9/h5,7H,4,6,12H2,1-3H3. The summed E-state index contributed by atoms with van der Waals surface area (Å²) in [6, 6.07) is 0.184. The molecule has 5 nitrogen and oxygen atoms in total. The molecular weight excluding hydrogens is 228 g/mol. The maximum absolute atomic E-state index is 5.83. The van der Waals surface area contributed by atoms with Crippen molar-refractivity contribution < 1.29 is 4.74 Å². The number of rotatable bonds is 5. The van der Waals surface area contributed by atoms with Crippen molar-refractivity contribution in [2.24, 2.45) is 0 Å². The molecule has 0 saturated carbocycles. The first-order valence-electron chi connectivity index (χ1n) is 5.13. The Kier molecular flexibility index (Phi) is 4.76. The van der Waals surface area contributed by atoms with Gasteiger partial charge in [0.25, 0.3) is 0 Å². The first-order chi connectivity index (χ1) is 7.60. The van der Waals surface area contributed by atoms with Crippen LogP contribution in [-0.2, 0) is 4.74 Å². The van der Waals surface area contributed by atoms with Crippen LogP contribution in [-0.4, -0.2) is 36.3 Å². The molecule has 0 saturated heterocycles. The summed E-state index contributed by atoms with van der Waals surface area (Å²) < 4.78 is 5.12. The second-order valence-electron chi connectivity index (χ2n) is 3.51. The van der Waals surface area contributed by atoms with Crippen LogP contribution in [0.3, 0.4) is 0 Å². The van der Waals surface area contributed by atoms with Crippen LogP contribution in [0.15, 0.2) is 6.20 Å². The summed E-state index contributed by atoms with van der Waals surface area (Å²) in [6.45, 7) is 5.46. The third-order valence-electron chi connectivity index (χ3n) is 2.32. The monoisotopic (exact) mass is 244 g/mol. The molecule has 0 bridgehead atoms. The maximum atomic E-state index is 5.83. The Hall–Kier alpha value is -1.07. The SMILES string of the molecule is CCN(c1nc(Cl)ncc1N)C(C)COC. The molecule has 0 fully saturated rings. The van der Waals surface area contributed by atoms with Crippen molar-refractivity contribution in [3.05, 3.63) is 11.5 Å². The second kappa shape index (κ2) is 5.86. The number of ether oxygens (including phenoxy) is 1. The topological polar surface area (TPSA) is 64.3 Å². The smallest absolute Gasteiger partial charge is 0.224 e. The van der Waals surface area contributed by atoms with Gasteiger partial charge in [-0.25, -0.2) is 4.98 Å². The fraction of sp³-hybridized carbons (Fsp3) is 0.600. The summed E-state index contributed by atoms with van der Waals surface area (Å²) in [7, 11) is 1.67. The highest BCUT2D eigenvalue weighted by atomic mass is 35.5. The molecule has 0 aliphatic carbocycles. The van der Waals surface area contributed by atoms with Crippen molar-refractivity contribution in [2.75, 3.05) is 30.9 Å². The van der Waals surface area contributed by atoms with Crippen LogP contribution in [0.1, 0.15) is 13.8 Å². The molecular formula is C10H17ClN4O. The van der Waals surface area contributed by atoms with Gasteiger partial charge in [0.1, 0.15) is 0 Å². The third-order valence-corrected chi connectivity index (χ3v) is 2.50. The van der Waals surface area contributed by atoms with Crippen LogP contribution < -0.4 is 10.6 Å². The van der Waals surface area contributed by atoms with Crippen LogP contribution in [0, 0.1) is 0 Å². The number of nitrogens with two attached hydrogens (primary N) is 1. The molecule has 0 spiro atoms. The Morgan fingerprint density at radius 3 is 2.88 bits per heavy atom. The van der Waals surface area contributed by atoms with Crippen LogP contribution in [0.5, 0.6) is 0 Å². The predicted molar refractivity (Wildman–Crippen MR) is 65.8 cm³/mol. The number of methoxy groups -OCH3 is 1. The molecule has 1 aromatic heterocycles. The van der Waals surface area contributed by atoms with Gasteiger partial charge in [-0.05, 0) is 25.4 Å². The van der Waals surface area contributed by atoms with Crippen LogP contribution >= 0.6 is 11.6 Å². The molecule has 1 unspecified atom stereocenters. The number of nitrogen functional groups attached to an aromatic ring is 1. The van der Waals surface area contributed by atoms with Crippen molar-refractivity contribution in [3.8, 4) is 0 Å². The Bertz CT molecular complexity index is 348. The zero-order valence-electron chi connectivity index (χ0n) is 9.77. The molecule has 1 atom stereocenters. The van der Waals surface area contributed by atoms with Gasteiger partial charge in [-0.3, -0.25) is 0 Å². The Labute approximate surface area is 101 Å². The molecule has 2 N–H and O–H groups in total. The van der Waals surface area contributed by atoms with E-state index in [1.807, 2.05) is 18.7 Å². The summed E-state index contributed by atoms with van der Waals surface area (Å²) in [5.74, 6) is 0.659. The van der Waals surface area contributed by atoms with Crippen molar-refractivity contribution in [1.29, 1.82) is 0 Å². The van der Waals surface area contributed by atoms with E-state index in [-0.39, 0.29) is 11.3 Å². The maximum Gasteiger partial charge on any atom is 0.224 e. The van der Waals surface area contributed by atoms with E-state index < -0.39 is 0 Å². The van der Waals surface area contributed by atoms with Gasteiger partial charge >= 0.3 is 0 Å². The zero-order chi connectivity index (χ0) is 12.1. The number of hydrogen-bond donors (Lipinski definition) is 1. The molecule has 0 radical (unpaired) electrons. The molecule has 1 rings (SSSR count). The predicted octanol–water partition coefficient (Wildman–Crippen LogP) is 1.57. The minimum atomic E-state index is 0.184. The molecule has 0 aliphatic rings. The van der Waals surface area contributed by atoms with Gasteiger partial charge in [-0.1, -0.05) is 0 Å². The van der Waals surface area contributed by atoms with E-state index in [2.05, 4.69) is 9.97 Å². The lowest BCUT2D eigenvalue weighted by Gasteiger charge is -2.29. The van der Waals surface area contributed by atoms with Gasteiger partial charge in [0, 0.05) is 13.7 Å². The number of aromatic nitrogens is 2. The van der Waals surface area contributed by atoms with Crippen LogP contribution in [0.2, 0.25) is 5.28 Å². The summed E-state index contributed by atoms with van der Waals surface area (Å²) in [6.07, 6.45) is 1.52. The molecule has 1 aromatic rings. The lowest BCUT2D eigenvalue weighted by Crippen LogP contribution is -2.37. The fourth-order valence-electron chi connectivity index (χ4n) is 1.59. The van der Waals surface area contributed by atoms with Crippen molar-refractivity contribution >= 4 is 23.1 Å². The number of halogens is 1. The molecule has 1 heterocycles. The Morgan fingerprint density at radius 2 is 2.31 bits per heavy atom. The largest absolute Gasteiger partial charge is 0.394 e. The highest BCUT2D eigenvalue weighted by molar-refractivity contribution is 6.28. The third kappa shape index (κ3) is 2.96. The lowest BCUT2D eigenvalue weighted by molar-refractivity contribution is 0.181. The van der Waals surface area contributed by atoms with E-state index in [9.17, 15) is 0 Å². The van der Waals surface area contributed by atoms with Crippen molar-refractivity contribution in [1.82, 2.24) is 9.97 Å². The molecule has 90 valence electrons. The van der Waals surface area contributed by atoms with Gasteiger partial charge in [0.2, 0.25) is 5.28 Å². The van der Waals surface area contributed by atoms with E-state index in [4.69, 9.17) is 22.1 Å². The minimum absolute atomic E-state index is 0.184. The van der Waals surface area contributed by atoms with Crippen molar-refractivity contribution in [3.63, 3.8) is 0 Å². The normalized spacial score (nSPS) is 12.5. The van der Waals surface area contributed by atoms with E-state index in [0.717, 1.165) is 6.54 Å². The number of anilines is 2. The number of nitrogens with zero attached hydrogens (tertiary/aromatic N) is 3. The number of hydrogen-bond acceptors (Lipinski definition) is 5. The van der Waals surface area contributed by atoms with Gasteiger partial charge in [-0.2, -0.15) is 4.98 Å². The fourth-order valence-corrected chi connectivity index (χ4v) is 1.72. The van der Waals surface area contributed by atoms with Gasteiger partial charge in [0.05, 0.1) is 24.5 Å². The summed E-state index contributed by atoms with van der Waals surface area (Å²) in [4.78, 5) is 10.0. The Morgan fingerprint density at radius 1 is 1.62 bits per heavy atom. The van der Waals surface area contributed by atoms with Gasteiger partial charge in [0.15, 0.2) is 5.82 Å². The average Bonchev–Trinajstić information content (AvgIpc) is 2.24. The summed E-state index contributed by atoms with van der Waals surface area (Å²) >= 11 is 5.76. The molecule has 0 amide bonds. The molecule has 0 aliphatic heterocycles. The van der Waals surface area contributed by atoms with E-state index in [0.29, 0.717) is 18.1 Å². The van der Waals surface area contributed by atoms with E-state index >= 15 is 0 Å². The number of likely N-dealkylation sites (N-methyl/N-ethyl adjacent to an activating group) is 1. The molecule has 0 aromatic carbocycles. The first kappa shape index (κ1) is 13.0. The van der Waals surface area contributed by atoms with Gasteiger partial charge in [-0.15, -0.1) is 0 Å². The Balaban J connectivity index is 2.98. The van der Waals surface area contributed by atoms with E-state index in [1.165, 1.54) is 6.20 Å². The minimum Gasteiger partial charge on any atom is -0.394 e. The van der Waals surface area contributed by atoms with Crippen LogP contribution in [0.4, 0.5) is 11.5 Å². The van der Waals surface area contributed by atoms with Crippen molar-refractivity contribution in [2.45, 2.75) is 19.9 Å². The second-order valence-corrected chi connectivity index (χ2v) is 3.85. The lowest BCUT2D eigenvalue weighted by atomic mass is 10.3. The molecule has 16 heavy (non-hydrogen) atoms. The first-order valence-corrected chi connectivity index (χ1v) is 5.51.